The van der Waals surface area contributed by atoms with Crippen LogP contribution in [0.2, 0.25) is 10.0 Å². The van der Waals surface area contributed by atoms with Crippen LogP contribution in [0.4, 0.5) is 0 Å². The van der Waals surface area contributed by atoms with Crippen LogP contribution >= 0.6 is 23.2 Å². The summed E-state index contributed by atoms with van der Waals surface area (Å²) in [5.74, 6) is 0.476. The first kappa shape index (κ1) is 11.8. The maximum atomic E-state index is 8.19. The Morgan fingerprint density at radius 2 is 2.18 bits per heavy atom. The lowest BCUT2D eigenvalue weighted by Gasteiger charge is -1.99. The van der Waals surface area contributed by atoms with Crippen molar-refractivity contribution in [3.8, 4) is 11.3 Å². The molecule has 0 aliphatic carbocycles. The van der Waals surface area contributed by atoms with Gasteiger partial charge in [0.15, 0.2) is 0 Å². The van der Waals surface area contributed by atoms with Crippen LogP contribution in [-0.4, -0.2) is 5.16 Å². The Morgan fingerprint density at radius 1 is 1.35 bits per heavy atom. The minimum absolute atomic E-state index is 0.120. The van der Waals surface area contributed by atoms with Gasteiger partial charge >= 0.3 is 0 Å². The van der Waals surface area contributed by atoms with Crippen molar-refractivity contribution in [3.63, 3.8) is 0 Å². The van der Waals surface area contributed by atoms with Crippen molar-refractivity contribution >= 4 is 23.2 Å². The molecule has 0 saturated heterocycles. The fourth-order valence-corrected chi connectivity index (χ4v) is 1.82. The summed E-state index contributed by atoms with van der Waals surface area (Å²) in [5.41, 5.74) is 9.48. The smallest absolute Gasteiger partial charge is 0.143 e. The van der Waals surface area contributed by atoms with Crippen molar-refractivity contribution in [1.29, 1.82) is 0 Å². The summed E-state index contributed by atoms with van der Waals surface area (Å²) in [6.45, 7) is 0.120. The van der Waals surface area contributed by atoms with Crippen LogP contribution in [0.3, 0.4) is 0 Å². The van der Waals surface area contributed by atoms with Crippen LogP contribution in [0.15, 0.2) is 33.9 Å². The SMILES string of the molecule is [N-]=[N+]=NCc1cc(-c2ccc(Cl)cc2Cl)no1. The third kappa shape index (κ3) is 2.71. The molecule has 2 aromatic rings. The minimum Gasteiger partial charge on any atom is -0.361 e. The van der Waals surface area contributed by atoms with E-state index in [-0.39, 0.29) is 6.54 Å². The third-order valence-corrected chi connectivity index (χ3v) is 2.60. The summed E-state index contributed by atoms with van der Waals surface area (Å²) < 4.78 is 5.00. The van der Waals surface area contributed by atoms with E-state index in [4.69, 9.17) is 33.3 Å². The van der Waals surface area contributed by atoms with Gasteiger partial charge in [-0.05, 0) is 23.7 Å². The summed E-state index contributed by atoms with van der Waals surface area (Å²) in [6, 6.07) is 6.76. The van der Waals surface area contributed by atoms with Gasteiger partial charge in [0.05, 0.1) is 11.6 Å². The summed E-state index contributed by atoms with van der Waals surface area (Å²) in [6.07, 6.45) is 0. The fourth-order valence-electron chi connectivity index (χ4n) is 1.31. The molecule has 1 heterocycles. The number of rotatable bonds is 3. The summed E-state index contributed by atoms with van der Waals surface area (Å²) >= 11 is 11.8. The summed E-state index contributed by atoms with van der Waals surface area (Å²) in [5, 5.41) is 8.26. The lowest BCUT2D eigenvalue weighted by Crippen LogP contribution is -1.78. The minimum atomic E-state index is 0.120. The predicted octanol–water partition coefficient (Wildman–Crippen LogP) is 4.46. The van der Waals surface area contributed by atoms with Crippen LogP contribution in [-0.2, 0) is 6.54 Å². The highest BCUT2D eigenvalue weighted by Crippen LogP contribution is 2.29. The molecule has 2 rings (SSSR count). The molecule has 86 valence electrons. The van der Waals surface area contributed by atoms with Crippen molar-refractivity contribution in [2.45, 2.75) is 6.54 Å². The van der Waals surface area contributed by atoms with Gasteiger partial charge in [0, 0.05) is 21.6 Å². The average Bonchev–Trinajstić information content (AvgIpc) is 2.75. The van der Waals surface area contributed by atoms with Gasteiger partial charge in [-0.2, -0.15) is 0 Å². The highest BCUT2D eigenvalue weighted by molar-refractivity contribution is 6.36. The van der Waals surface area contributed by atoms with E-state index in [1.54, 1.807) is 24.3 Å². The largest absolute Gasteiger partial charge is 0.361 e. The van der Waals surface area contributed by atoms with Gasteiger partial charge in [-0.3, -0.25) is 0 Å². The Hall–Kier alpha value is -1.68. The zero-order valence-corrected chi connectivity index (χ0v) is 9.98. The number of hydrogen-bond donors (Lipinski definition) is 0. The standard InChI is InChI=1S/C10H6Cl2N4O/c11-6-1-2-8(9(12)3-6)10-4-7(17-15-10)5-14-16-13/h1-4H,5H2. The van der Waals surface area contributed by atoms with Gasteiger partial charge in [0.25, 0.3) is 0 Å². The van der Waals surface area contributed by atoms with Gasteiger partial charge < -0.3 is 4.52 Å². The Labute approximate surface area is 107 Å². The lowest BCUT2D eigenvalue weighted by molar-refractivity contribution is 0.387. The van der Waals surface area contributed by atoms with Crippen molar-refractivity contribution < 1.29 is 4.52 Å². The fraction of sp³-hybridized carbons (Fsp3) is 0.100. The highest BCUT2D eigenvalue weighted by Gasteiger charge is 2.09. The molecule has 1 aromatic carbocycles. The van der Waals surface area contributed by atoms with E-state index < -0.39 is 0 Å². The van der Waals surface area contributed by atoms with E-state index in [0.29, 0.717) is 27.1 Å². The maximum absolute atomic E-state index is 8.19. The molecule has 5 nitrogen and oxygen atoms in total. The second-order valence-corrected chi connectivity index (χ2v) is 4.04. The number of azide groups is 1. The van der Waals surface area contributed by atoms with Crippen molar-refractivity contribution in [2.75, 3.05) is 0 Å². The molecule has 0 fully saturated rings. The highest BCUT2D eigenvalue weighted by atomic mass is 35.5. The van der Waals surface area contributed by atoms with E-state index in [1.807, 2.05) is 0 Å². The Balaban J connectivity index is 2.33. The second-order valence-electron chi connectivity index (χ2n) is 3.19. The molecule has 1 aromatic heterocycles. The van der Waals surface area contributed by atoms with E-state index >= 15 is 0 Å². The lowest BCUT2D eigenvalue weighted by atomic mass is 10.1. The first-order valence-electron chi connectivity index (χ1n) is 4.62. The molecule has 0 bridgehead atoms. The molecular formula is C10H6Cl2N4O. The van der Waals surface area contributed by atoms with E-state index in [9.17, 15) is 0 Å². The molecule has 0 saturated carbocycles. The topological polar surface area (TPSA) is 74.8 Å². The van der Waals surface area contributed by atoms with Gasteiger partial charge in [-0.1, -0.05) is 33.5 Å². The van der Waals surface area contributed by atoms with E-state index in [0.717, 1.165) is 0 Å². The molecule has 7 heteroatoms. The summed E-state index contributed by atoms with van der Waals surface area (Å²) in [7, 11) is 0. The maximum Gasteiger partial charge on any atom is 0.143 e. The van der Waals surface area contributed by atoms with Crippen LogP contribution in [0.25, 0.3) is 21.7 Å². The quantitative estimate of drug-likeness (QED) is 0.468. The molecular weight excluding hydrogens is 263 g/mol. The number of halogens is 2. The van der Waals surface area contributed by atoms with Crippen molar-refractivity contribution in [1.82, 2.24) is 5.16 Å². The predicted molar refractivity (Wildman–Crippen MR) is 64.8 cm³/mol. The van der Waals surface area contributed by atoms with Crippen LogP contribution < -0.4 is 0 Å². The van der Waals surface area contributed by atoms with Crippen molar-refractivity contribution in [3.05, 3.63) is 50.5 Å². The Kier molecular flexibility index (Phi) is 3.54. The molecule has 0 N–H and O–H groups in total. The van der Waals surface area contributed by atoms with Gasteiger partial charge in [-0.25, -0.2) is 0 Å². The Morgan fingerprint density at radius 3 is 2.88 bits per heavy atom. The molecule has 0 spiro atoms. The normalized spacial score (nSPS) is 10.0. The monoisotopic (exact) mass is 268 g/mol. The zero-order valence-electron chi connectivity index (χ0n) is 8.47. The molecule has 0 unspecified atom stereocenters. The zero-order chi connectivity index (χ0) is 12.3. The average molecular weight is 269 g/mol. The van der Waals surface area contributed by atoms with Crippen LogP contribution in [0, 0.1) is 0 Å². The molecule has 0 aliphatic heterocycles. The van der Waals surface area contributed by atoms with Gasteiger partial charge in [0.2, 0.25) is 0 Å². The number of aromatic nitrogens is 1. The number of benzene rings is 1. The molecule has 0 atom stereocenters. The second kappa shape index (κ2) is 5.10. The molecule has 0 radical (unpaired) electrons. The van der Waals surface area contributed by atoms with Crippen molar-refractivity contribution in [2.24, 2.45) is 5.11 Å². The van der Waals surface area contributed by atoms with Gasteiger partial charge in [0.1, 0.15) is 11.5 Å². The van der Waals surface area contributed by atoms with Crippen LogP contribution in [0.1, 0.15) is 5.76 Å². The number of nitrogens with zero attached hydrogens (tertiary/aromatic N) is 4. The first-order chi connectivity index (χ1) is 8.20. The van der Waals surface area contributed by atoms with Crippen LogP contribution in [0.5, 0.6) is 0 Å². The number of hydrogen-bond acceptors (Lipinski definition) is 3. The molecule has 0 aliphatic rings. The third-order valence-electron chi connectivity index (χ3n) is 2.06. The van der Waals surface area contributed by atoms with Gasteiger partial charge in [-0.15, -0.1) is 0 Å². The first-order valence-corrected chi connectivity index (χ1v) is 5.38. The summed E-state index contributed by atoms with van der Waals surface area (Å²) in [4.78, 5) is 2.64. The Bertz CT molecular complexity index is 590. The molecule has 17 heavy (non-hydrogen) atoms. The van der Waals surface area contributed by atoms with E-state index in [2.05, 4.69) is 15.2 Å². The molecule has 0 amide bonds. The van der Waals surface area contributed by atoms with E-state index in [1.165, 1.54) is 0 Å².